The molecule has 1 aromatic heterocycles. The molecule has 2 aromatic carbocycles. The van der Waals surface area contributed by atoms with Crippen molar-refractivity contribution >= 4 is 5.69 Å². The van der Waals surface area contributed by atoms with E-state index in [1.807, 2.05) is 12.1 Å². The number of nitriles is 1. The highest BCUT2D eigenvalue weighted by atomic mass is 16.5. The smallest absolute Gasteiger partial charge is 0.142 e. The Morgan fingerprint density at radius 1 is 0.921 bits per heavy atom. The first-order valence-electron chi connectivity index (χ1n) is 13.3. The van der Waals surface area contributed by atoms with E-state index < -0.39 is 0 Å². The third-order valence-corrected chi connectivity index (χ3v) is 7.79. The lowest BCUT2D eigenvalue weighted by molar-refractivity contribution is 0.0981. The molecule has 38 heavy (non-hydrogen) atoms. The minimum atomic E-state index is 0.484. The Hall–Kier alpha value is -3.67. The summed E-state index contributed by atoms with van der Waals surface area (Å²) in [4.78, 5) is 16.8. The van der Waals surface area contributed by atoms with Gasteiger partial charge in [-0.2, -0.15) is 5.26 Å². The van der Waals surface area contributed by atoms with Crippen LogP contribution in [0.1, 0.15) is 29.8 Å². The van der Waals surface area contributed by atoms with Gasteiger partial charge in [0.2, 0.25) is 0 Å². The van der Waals surface area contributed by atoms with Crippen molar-refractivity contribution < 1.29 is 9.47 Å². The van der Waals surface area contributed by atoms with Crippen LogP contribution in [-0.2, 0) is 6.42 Å². The van der Waals surface area contributed by atoms with E-state index >= 15 is 0 Å². The molecule has 5 rings (SSSR count). The lowest BCUT2D eigenvalue weighted by Crippen LogP contribution is -2.52. The van der Waals surface area contributed by atoms with Crippen LogP contribution in [0.4, 0.5) is 5.69 Å². The Kier molecular flexibility index (Phi) is 8.06. The number of methoxy groups -OCH3 is 2. The fraction of sp³-hybridized carbons (Fsp3) is 0.433. The molecule has 8 heteroatoms. The number of piperidine rings is 1. The predicted octanol–water partition coefficient (Wildman–Crippen LogP) is 3.84. The number of nitrogens with zero attached hydrogens (tertiary/aromatic N) is 6. The second kappa shape index (κ2) is 11.8. The molecule has 0 amide bonds. The third-order valence-electron chi connectivity index (χ3n) is 7.79. The number of hydrogen-bond donors (Lipinski definition) is 0. The van der Waals surface area contributed by atoms with Crippen molar-refractivity contribution in [2.75, 3.05) is 65.4 Å². The SMILES string of the molecule is COc1ccc(-c2ccnc(Cc3ccc(N4CCC(N5CCN(C)CC5)CC4)c(OC)c3)n2)cc1C#N. The number of ether oxygens (including phenoxy) is 2. The summed E-state index contributed by atoms with van der Waals surface area (Å²) < 4.78 is 11.1. The third kappa shape index (κ3) is 5.74. The first-order chi connectivity index (χ1) is 18.6. The van der Waals surface area contributed by atoms with Crippen LogP contribution in [0.15, 0.2) is 48.7 Å². The Bertz CT molecular complexity index is 1290. The summed E-state index contributed by atoms with van der Waals surface area (Å²) in [6, 6.07) is 16.7. The van der Waals surface area contributed by atoms with Gasteiger partial charge in [0, 0.05) is 63.5 Å². The topological polar surface area (TPSA) is 77.8 Å². The van der Waals surface area contributed by atoms with E-state index in [0.29, 0.717) is 23.8 Å². The van der Waals surface area contributed by atoms with Crippen LogP contribution in [0.3, 0.4) is 0 Å². The van der Waals surface area contributed by atoms with Gasteiger partial charge in [-0.3, -0.25) is 4.90 Å². The molecule has 0 spiro atoms. The molecule has 3 heterocycles. The van der Waals surface area contributed by atoms with Crippen LogP contribution in [0.5, 0.6) is 11.5 Å². The van der Waals surface area contributed by atoms with Crippen molar-refractivity contribution in [3.05, 3.63) is 65.6 Å². The largest absolute Gasteiger partial charge is 0.495 e. The summed E-state index contributed by atoms with van der Waals surface area (Å²) in [5, 5.41) is 9.44. The molecule has 2 fully saturated rings. The van der Waals surface area contributed by atoms with Crippen LogP contribution in [-0.4, -0.2) is 86.3 Å². The van der Waals surface area contributed by atoms with E-state index in [1.54, 1.807) is 32.5 Å². The fourth-order valence-electron chi connectivity index (χ4n) is 5.53. The molecule has 2 aliphatic rings. The van der Waals surface area contributed by atoms with Gasteiger partial charge in [-0.15, -0.1) is 0 Å². The predicted molar refractivity (Wildman–Crippen MR) is 149 cm³/mol. The van der Waals surface area contributed by atoms with Gasteiger partial charge in [-0.1, -0.05) is 6.07 Å². The van der Waals surface area contributed by atoms with Crippen molar-refractivity contribution in [2.45, 2.75) is 25.3 Å². The molecule has 8 nitrogen and oxygen atoms in total. The number of benzene rings is 2. The molecule has 2 saturated heterocycles. The second-order valence-corrected chi connectivity index (χ2v) is 10.1. The van der Waals surface area contributed by atoms with E-state index in [-0.39, 0.29) is 0 Å². The lowest BCUT2D eigenvalue weighted by atomic mass is 10.0. The molecule has 198 valence electrons. The van der Waals surface area contributed by atoms with Crippen LogP contribution in [0.2, 0.25) is 0 Å². The molecule has 0 atom stereocenters. The number of anilines is 1. The van der Waals surface area contributed by atoms with Crippen molar-refractivity contribution in [1.82, 2.24) is 19.8 Å². The zero-order valence-electron chi connectivity index (χ0n) is 22.6. The van der Waals surface area contributed by atoms with E-state index in [2.05, 4.69) is 51.0 Å². The van der Waals surface area contributed by atoms with Gasteiger partial charge >= 0.3 is 0 Å². The molecular weight excluding hydrogens is 476 g/mol. The highest BCUT2D eigenvalue weighted by Gasteiger charge is 2.27. The Morgan fingerprint density at radius 2 is 1.68 bits per heavy atom. The number of piperazine rings is 1. The van der Waals surface area contributed by atoms with Crippen LogP contribution < -0.4 is 14.4 Å². The van der Waals surface area contributed by atoms with Crippen molar-refractivity contribution in [1.29, 1.82) is 5.26 Å². The van der Waals surface area contributed by atoms with E-state index in [0.717, 1.165) is 47.2 Å². The molecule has 0 aliphatic carbocycles. The highest BCUT2D eigenvalue weighted by Crippen LogP contribution is 2.33. The average molecular weight is 513 g/mol. The molecule has 2 aliphatic heterocycles. The molecule has 0 N–H and O–H groups in total. The molecule has 0 radical (unpaired) electrons. The maximum absolute atomic E-state index is 9.44. The standard InChI is InChI=1S/C30H36N6O2/c1-34-14-16-35(17-15-34)25-9-12-36(13-10-25)27-6-4-22(18-29(27)38-3)19-30-32-11-8-26(33-30)23-5-7-28(37-2)24(20-23)21-31/h4-8,11,18,20,25H,9-10,12-17,19H2,1-3H3. The van der Waals surface area contributed by atoms with Gasteiger partial charge in [0.05, 0.1) is 31.2 Å². The summed E-state index contributed by atoms with van der Waals surface area (Å²) in [5.74, 6) is 2.17. The van der Waals surface area contributed by atoms with E-state index in [9.17, 15) is 5.26 Å². The van der Waals surface area contributed by atoms with E-state index in [4.69, 9.17) is 14.5 Å². The normalized spacial score (nSPS) is 17.3. The molecule has 0 saturated carbocycles. The minimum Gasteiger partial charge on any atom is -0.495 e. The number of aromatic nitrogens is 2. The Labute approximate surface area is 225 Å². The summed E-state index contributed by atoms with van der Waals surface area (Å²) in [6.07, 6.45) is 4.74. The number of rotatable bonds is 7. The zero-order valence-corrected chi connectivity index (χ0v) is 22.6. The summed E-state index contributed by atoms with van der Waals surface area (Å²) in [6.45, 7) is 6.79. The van der Waals surface area contributed by atoms with Gasteiger partial charge in [0.25, 0.3) is 0 Å². The van der Waals surface area contributed by atoms with Gasteiger partial charge < -0.3 is 19.3 Å². The van der Waals surface area contributed by atoms with Gasteiger partial charge in [0.15, 0.2) is 0 Å². The molecule has 3 aromatic rings. The van der Waals surface area contributed by atoms with E-state index in [1.165, 1.54) is 39.0 Å². The van der Waals surface area contributed by atoms with Crippen LogP contribution in [0.25, 0.3) is 11.3 Å². The fourth-order valence-corrected chi connectivity index (χ4v) is 5.53. The maximum atomic E-state index is 9.44. The zero-order chi connectivity index (χ0) is 26.5. The van der Waals surface area contributed by atoms with Crippen molar-refractivity contribution in [2.24, 2.45) is 0 Å². The summed E-state index contributed by atoms with van der Waals surface area (Å²) >= 11 is 0. The first kappa shape index (κ1) is 26.0. The lowest BCUT2D eigenvalue weighted by Gasteiger charge is -2.42. The van der Waals surface area contributed by atoms with Gasteiger partial charge in [-0.25, -0.2) is 9.97 Å². The number of likely N-dealkylation sites (N-methyl/N-ethyl adjacent to an activating group) is 1. The maximum Gasteiger partial charge on any atom is 0.142 e. The summed E-state index contributed by atoms with van der Waals surface area (Å²) in [7, 11) is 5.52. The minimum absolute atomic E-state index is 0.484. The van der Waals surface area contributed by atoms with Gasteiger partial charge in [0.1, 0.15) is 23.4 Å². The second-order valence-electron chi connectivity index (χ2n) is 10.1. The molecule has 0 bridgehead atoms. The number of hydrogen-bond acceptors (Lipinski definition) is 8. The first-order valence-corrected chi connectivity index (χ1v) is 13.3. The molecular formula is C30H36N6O2. The summed E-state index contributed by atoms with van der Waals surface area (Å²) in [5.41, 5.74) is 4.38. The van der Waals surface area contributed by atoms with Crippen molar-refractivity contribution in [3.8, 4) is 28.8 Å². The quantitative estimate of drug-likeness (QED) is 0.473. The van der Waals surface area contributed by atoms with Crippen molar-refractivity contribution in [3.63, 3.8) is 0 Å². The van der Waals surface area contributed by atoms with Crippen LogP contribution in [0, 0.1) is 11.3 Å². The van der Waals surface area contributed by atoms with Crippen LogP contribution >= 0.6 is 0 Å². The molecule has 0 unspecified atom stereocenters. The Morgan fingerprint density at radius 3 is 2.39 bits per heavy atom. The monoisotopic (exact) mass is 512 g/mol. The average Bonchev–Trinajstić information content (AvgIpc) is 2.97. The highest BCUT2D eigenvalue weighted by molar-refractivity contribution is 5.64. The van der Waals surface area contributed by atoms with Gasteiger partial charge in [-0.05, 0) is 61.9 Å². The Balaban J connectivity index is 1.26.